The number of carbonyl (C=O) groups is 2. The van der Waals surface area contributed by atoms with E-state index in [9.17, 15) is 9.59 Å². The average molecular weight is 446 g/mol. The molecule has 0 aromatic heterocycles. The molecule has 6 heteroatoms. The highest BCUT2D eigenvalue weighted by Crippen LogP contribution is 2.48. The highest BCUT2D eigenvalue weighted by Gasteiger charge is 2.59. The number of ketones is 1. The zero-order valence-corrected chi connectivity index (χ0v) is 17.9. The first-order valence-corrected chi connectivity index (χ1v) is 10.8. The minimum Gasteiger partial charge on any atom is -0.452 e. The molecule has 0 spiro atoms. The molecule has 2 heterocycles. The zero-order chi connectivity index (χ0) is 23.1. The number of carbonyl (C=O) groups excluding carboxylic acids is 2. The van der Waals surface area contributed by atoms with E-state index in [0.717, 1.165) is 0 Å². The largest absolute Gasteiger partial charge is 0.452 e. The van der Waals surface area contributed by atoms with Crippen molar-refractivity contribution in [3.63, 3.8) is 0 Å². The second-order valence-corrected chi connectivity index (χ2v) is 7.90. The molecule has 164 valence electrons. The van der Waals surface area contributed by atoms with E-state index in [2.05, 4.69) is 4.99 Å². The summed E-state index contributed by atoms with van der Waals surface area (Å²) in [6.45, 7) is 0. The Morgan fingerprint density at radius 2 is 1.35 bits per heavy atom. The first-order valence-electron chi connectivity index (χ1n) is 10.8. The monoisotopic (exact) mass is 446 g/mol. The van der Waals surface area contributed by atoms with Gasteiger partial charge in [0.15, 0.2) is 5.84 Å². The van der Waals surface area contributed by atoms with Crippen LogP contribution in [0.4, 0.5) is 11.4 Å². The fourth-order valence-corrected chi connectivity index (χ4v) is 4.38. The lowest BCUT2D eigenvalue weighted by atomic mass is 9.96. The van der Waals surface area contributed by atoms with Crippen LogP contribution in [-0.2, 0) is 10.5 Å². The van der Waals surface area contributed by atoms with Gasteiger partial charge >= 0.3 is 11.7 Å². The van der Waals surface area contributed by atoms with Crippen LogP contribution in [0.25, 0.3) is 0 Å². The first kappa shape index (κ1) is 19.9. The van der Waals surface area contributed by atoms with E-state index in [1.807, 2.05) is 36.4 Å². The van der Waals surface area contributed by atoms with Crippen LogP contribution in [0.5, 0.6) is 11.5 Å². The van der Waals surface area contributed by atoms with Gasteiger partial charge in [0.25, 0.3) is 0 Å². The third kappa shape index (κ3) is 2.93. The molecule has 6 rings (SSSR count). The van der Waals surface area contributed by atoms with Crippen LogP contribution in [0, 0.1) is 0 Å². The maximum atomic E-state index is 14.2. The Morgan fingerprint density at radius 3 is 2.12 bits per heavy atom. The standard InChI is InChI=1S/C28H18N2O4/c31-25-21-15-7-10-18-24(21)30-26(25)29-23-17-9-8-16-22(23)28(30,34-20-13-5-2-6-14-20)27(32)33-19-11-3-1-4-12-19/h1-18H. The predicted octanol–water partition coefficient (Wildman–Crippen LogP) is 5.27. The quantitative estimate of drug-likeness (QED) is 0.316. The van der Waals surface area contributed by atoms with E-state index >= 15 is 0 Å². The van der Waals surface area contributed by atoms with Gasteiger partial charge in [-0.05, 0) is 42.5 Å². The number of rotatable bonds is 4. The molecule has 2 aliphatic heterocycles. The molecule has 1 atom stereocenters. The smallest absolute Gasteiger partial charge is 0.383 e. The van der Waals surface area contributed by atoms with Crippen LogP contribution in [0.3, 0.4) is 0 Å². The second kappa shape index (κ2) is 7.71. The number of hydrogen-bond acceptors (Lipinski definition) is 6. The number of para-hydroxylation sites is 4. The number of Topliss-reactive ketones (excluding diaryl/α,β-unsaturated/α-hetero) is 1. The van der Waals surface area contributed by atoms with Crippen LogP contribution in [0.15, 0.2) is 114 Å². The van der Waals surface area contributed by atoms with Gasteiger partial charge in [0.05, 0.1) is 16.9 Å². The Morgan fingerprint density at radius 1 is 0.735 bits per heavy atom. The Balaban J connectivity index is 1.63. The highest BCUT2D eigenvalue weighted by atomic mass is 16.6. The van der Waals surface area contributed by atoms with Crippen LogP contribution < -0.4 is 14.4 Å². The molecule has 6 nitrogen and oxygen atoms in total. The average Bonchev–Trinajstić information content (AvgIpc) is 3.17. The minimum atomic E-state index is -1.83. The summed E-state index contributed by atoms with van der Waals surface area (Å²) in [4.78, 5) is 33.7. The highest BCUT2D eigenvalue weighted by molar-refractivity contribution is 6.55. The van der Waals surface area contributed by atoms with E-state index in [-0.39, 0.29) is 11.6 Å². The van der Waals surface area contributed by atoms with Crippen molar-refractivity contribution in [1.82, 2.24) is 0 Å². The molecule has 0 aliphatic carbocycles. The van der Waals surface area contributed by atoms with Crippen LogP contribution in [-0.4, -0.2) is 17.6 Å². The van der Waals surface area contributed by atoms with Crippen molar-refractivity contribution in [3.8, 4) is 11.5 Å². The number of aliphatic imine (C=N–C) groups is 1. The third-order valence-corrected chi connectivity index (χ3v) is 5.85. The third-order valence-electron chi connectivity index (χ3n) is 5.85. The molecule has 4 aromatic carbocycles. The molecule has 0 radical (unpaired) electrons. The molecule has 0 amide bonds. The minimum absolute atomic E-state index is 0.112. The van der Waals surface area contributed by atoms with Crippen molar-refractivity contribution in [2.75, 3.05) is 4.90 Å². The van der Waals surface area contributed by atoms with Gasteiger partial charge in [0, 0.05) is 5.56 Å². The van der Waals surface area contributed by atoms with E-state index in [1.165, 1.54) is 0 Å². The van der Waals surface area contributed by atoms with Crippen molar-refractivity contribution in [3.05, 3.63) is 120 Å². The van der Waals surface area contributed by atoms with Crippen molar-refractivity contribution in [2.24, 2.45) is 4.99 Å². The van der Waals surface area contributed by atoms with Gasteiger partial charge in [0.1, 0.15) is 11.5 Å². The molecule has 4 aromatic rings. The van der Waals surface area contributed by atoms with E-state index in [1.54, 1.807) is 77.7 Å². The van der Waals surface area contributed by atoms with Crippen molar-refractivity contribution < 1.29 is 19.1 Å². The van der Waals surface area contributed by atoms with Crippen molar-refractivity contribution >= 4 is 29.0 Å². The number of ether oxygens (including phenoxy) is 2. The fourth-order valence-electron chi connectivity index (χ4n) is 4.38. The summed E-state index contributed by atoms with van der Waals surface area (Å²) >= 11 is 0. The van der Waals surface area contributed by atoms with Gasteiger partial charge in [-0.25, -0.2) is 9.79 Å². The number of amidine groups is 1. The Bertz CT molecular complexity index is 1450. The molecule has 0 N–H and O–H groups in total. The Kier molecular flexibility index (Phi) is 4.52. The maximum Gasteiger partial charge on any atom is 0.383 e. The SMILES string of the molecule is O=C1C2=Nc3ccccc3C(Oc3ccccc3)(C(=O)Oc3ccccc3)N2c2ccccc21. The van der Waals surface area contributed by atoms with E-state index in [0.29, 0.717) is 34.0 Å². The number of hydrogen-bond donors (Lipinski definition) is 0. The predicted molar refractivity (Wildman–Crippen MR) is 128 cm³/mol. The summed E-state index contributed by atoms with van der Waals surface area (Å²) in [6.07, 6.45) is 0. The van der Waals surface area contributed by atoms with Crippen molar-refractivity contribution in [2.45, 2.75) is 5.72 Å². The molecule has 1 unspecified atom stereocenters. The molecular formula is C28H18N2O4. The Labute approximate surface area is 195 Å². The molecule has 0 bridgehead atoms. The van der Waals surface area contributed by atoms with Gasteiger partial charge in [-0.1, -0.05) is 66.7 Å². The van der Waals surface area contributed by atoms with Gasteiger partial charge < -0.3 is 9.47 Å². The second-order valence-electron chi connectivity index (χ2n) is 7.90. The lowest BCUT2D eigenvalue weighted by molar-refractivity contribution is -0.152. The summed E-state index contributed by atoms with van der Waals surface area (Å²) in [5.41, 5.74) is 0.0980. The number of fused-ring (bicyclic) bond motifs is 4. The van der Waals surface area contributed by atoms with Crippen LogP contribution >= 0.6 is 0 Å². The van der Waals surface area contributed by atoms with E-state index < -0.39 is 11.7 Å². The van der Waals surface area contributed by atoms with Gasteiger partial charge in [-0.3, -0.25) is 9.69 Å². The van der Waals surface area contributed by atoms with E-state index in [4.69, 9.17) is 9.47 Å². The zero-order valence-electron chi connectivity index (χ0n) is 17.9. The summed E-state index contributed by atoms with van der Waals surface area (Å²) in [5, 5.41) is 0. The van der Waals surface area contributed by atoms with Crippen LogP contribution in [0.2, 0.25) is 0 Å². The first-order chi connectivity index (χ1) is 16.7. The number of anilines is 1. The van der Waals surface area contributed by atoms with Gasteiger partial charge in [-0.2, -0.15) is 0 Å². The summed E-state index contributed by atoms with van der Waals surface area (Å²) in [5.74, 6) is -0.0457. The number of esters is 1. The lowest BCUT2D eigenvalue weighted by Crippen LogP contribution is -2.61. The molecule has 0 fully saturated rings. The molecular weight excluding hydrogens is 428 g/mol. The fraction of sp³-hybridized carbons (Fsp3) is 0.0357. The molecule has 0 saturated heterocycles. The van der Waals surface area contributed by atoms with Crippen molar-refractivity contribution in [1.29, 1.82) is 0 Å². The summed E-state index contributed by atoms with van der Waals surface area (Å²) in [7, 11) is 0. The number of nitrogens with zero attached hydrogens (tertiary/aromatic N) is 2. The summed E-state index contributed by atoms with van der Waals surface area (Å²) < 4.78 is 12.4. The normalized spacial score (nSPS) is 17.8. The topological polar surface area (TPSA) is 68.2 Å². The van der Waals surface area contributed by atoms with Gasteiger partial charge in [-0.15, -0.1) is 0 Å². The lowest BCUT2D eigenvalue weighted by Gasteiger charge is -2.42. The molecule has 0 saturated carbocycles. The maximum absolute atomic E-state index is 14.2. The van der Waals surface area contributed by atoms with Gasteiger partial charge in [0.2, 0.25) is 5.78 Å². The molecule has 34 heavy (non-hydrogen) atoms. The Hall–Kier alpha value is -4.71. The summed E-state index contributed by atoms with van der Waals surface area (Å²) in [6, 6.07) is 32.0. The molecule has 2 aliphatic rings. The van der Waals surface area contributed by atoms with Crippen LogP contribution in [0.1, 0.15) is 15.9 Å². The number of benzene rings is 4.